The predicted octanol–water partition coefficient (Wildman–Crippen LogP) is 3.78. The maximum absolute atomic E-state index is 11.6. The highest BCUT2D eigenvalue weighted by Crippen LogP contribution is 2.30. The van der Waals surface area contributed by atoms with Crippen LogP contribution in [-0.2, 0) is 10.3 Å². The summed E-state index contributed by atoms with van der Waals surface area (Å²) in [6.45, 7) is 11.9. The molecule has 0 saturated heterocycles. The van der Waals surface area contributed by atoms with E-state index in [1.807, 2.05) is 6.07 Å². The molecule has 0 aromatic heterocycles. The molecular formula is C16H26N2O. The van der Waals surface area contributed by atoms with Crippen molar-refractivity contribution < 1.29 is 4.79 Å². The third-order valence-electron chi connectivity index (χ3n) is 3.53. The zero-order chi connectivity index (χ0) is 13.8. The van der Waals surface area contributed by atoms with Crippen LogP contribution in [0.4, 0.5) is 0 Å². The minimum absolute atomic E-state index is 0. The lowest BCUT2D eigenvalue weighted by Gasteiger charge is -2.32. The quantitative estimate of drug-likeness (QED) is 0.793. The monoisotopic (exact) mass is 262 g/mol. The second-order valence-corrected chi connectivity index (χ2v) is 5.02. The van der Waals surface area contributed by atoms with Crippen LogP contribution in [0.5, 0.6) is 0 Å². The molecule has 0 aliphatic rings. The molecule has 1 amide bonds. The van der Waals surface area contributed by atoms with E-state index in [9.17, 15) is 4.79 Å². The Labute approximate surface area is 116 Å². The van der Waals surface area contributed by atoms with Gasteiger partial charge in [0.2, 0.25) is 5.91 Å². The van der Waals surface area contributed by atoms with E-state index < -0.39 is 0 Å². The molecule has 0 aliphatic carbocycles. The number of amides is 1. The summed E-state index contributed by atoms with van der Waals surface area (Å²) >= 11 is 0. The van der Waals surface area contributed by atoms with Crippen LogP contribution in [0.15, 0.2) is 30.9 Å². The van der Waals surface area contributed by atoms with E-state index in [1.54, 1.807) is 0 Å². The molecule has 4 N–H and O–H groups in total. The summed E-state index contributed by atoms with van der Waals surface area (Å²) in [7, 11) is 0. The Morgan fingerprint density at radius 3 is 2.58 bits per heavy atom. The van der Waals surface area contributed by atoms with Crippen molar-refractivity contribution in [2.45, 2.75) is 46.1 Å². The van der Waals surface area contributed by atoms with Crippen LogP contribution < -0.4 is 11.5 Å². The first-order chi connectivity index (χ1) is 8.44. The van der Waals surface area contributed by atoms with Crippen LogP contribution in [0, 0.1) is 13.8 Å². The number of carbonyl (C=O) groups excluding carboxylic acids is 1. The SMILES string of the molecule is C=CC(=O)NC(C)(CCC)c1cccc(C)c1C.N. The van der Waals surface area contributed by atoms with Crippen LogP contribution in [0.3, 0.4) is 0 Å². The van der Waals surface area contributed by atoms with Crippen molar-refractivity contribution in [1.29, 1.82) is 0 Å². The number of hydrogen-bond acceptors (Lipinski definition) is 2. The van der Waals surface area contributed by atoms with Crippen LogP contribution in [0.1, 0.15) is 43.4 Å². The van der Waals surface area contributed by atoms with E-state index in [2.05, 4.69) is 51.7 Å². The van der Waals surface area contributed by atoms with Gasteiger partial charge in [0.05, 0.1) is 5.54 Å². The largest absolute Gasteiger partial charge is 0.344 e. The predicted molar refractivity (Wildman–Crippen MR) is 81.5 cm³/mol. The maximum Gasteiger partial charge on any atom is 0.244 e. The van der Waals surface area contributed by atoms with Crippen LogP contribution in [-0.4, -0.2) is 5.91 Å². The number of nitrogens with one attached hydrogen (secondary N) is 1. The number of carbonyl (C=O) groups is 1. The molecule has 0 fully saturated rings. The maximum atomic E-state index is 11.6. The molecule has 1 aromatic rings. The molecule has 3 nitrogen and oxygen atoms in total. The first-order valence-corrected chi connectivity index (χ1v) is 6.46. The highest BCUT2D eigenvalue weighted by molar-refractivity contribution is 5.87. The van der Waals surface area contributed by atoms with Gasteiger partial charge < -0.3 is 11.5 Å². The molecule has 1 aromatic carbocycles. The van der Waals surface area contributed by atoms with Gasteiger partial charge in [-0.15, -0.1) is 0 Å². The van der Waals surface area contributed by atoms with E-state index in [0.717, 1.165) is 12.8 Å². The summed E-state index contributed by atoms with van der Waals surface area (Å²) in [6.07, 6.45) is 3.26. The van der Waals surface area contributed by atoms with Gasteiger partial charge in [0, 0.05) is 0 Å². The normalized spacial score (nSPS) is 13.1. The second-order valence-electron chi connectivity index (χ2n) is 5.02. The van der Waals surface area contributed by atoms with Crippen molar-refractivity contribution in [3.8, 4) is 0 Å². The van der Waals surface area contributed by atoms with Gasteiger partial charge in [0.25, 0.3) is 0 Å². The van der Waals surface area contributed by atoms with Gasteiger partial charge in [0.15, 0.2) is 0 Å². The number of hydrogen-bond donors (Lipinski definition) is 2. The fraction of sp³-hybridized carbons (Fsp3) is 0.438. The Hall–Kier alpha value is -1.61. The molecule has 0 spiro atoms. The van der Waals surface area contributed by atoms with E-state index in [4.69, 9.17) is 0 Å². The molecule has 1 atom stereocenters. The Balaban J connectivity index is 0.00000324. The molecule has 1 rings (SSSR count). The van der Waals surface area contributed by atoms with Crippen molar-refractivity contribution in [2.75, 3.05) is 0 Å². The third kappa shape index (κ3) is 3.93. The third-order valence-corrected chi connectivity index (χ3v) is 3.53. The van der Waals surface area contributed by atoms with Crippen molar-refractivity contribution in [3.05, 3.63) is 47.5 Å². The highest BCUT2D eigenvalue weighted by atomic mass is 16.1. The van der Waals surface area contributed by atoms with Crippen LogP contribution >= 0.6 is 0 Å². The van der Waals surface area contributed by atoms with Crippen molar-refractivity contribution in [3.63, 3.8) is 0 Å². The molecule has 0 saturated carbocycles. The van der Waals surface area contributed by atoms with Gasteiger partial charge in [-0.1, -0.05) is 38.1 Å². The van der Waals surface area contributed by atoms with Gasteiger partial charge in [-0.2, -0.15) is 0 Å². The van der Waals surface area contributed by atoms with Crippen molar-refractivity contribution in [2.24, 2.45) is 0 Å². The summed E-state index contributed by atoms with van der Waals surface area (Å²) in [5, 5.41) is 3.07. The topological polar surface area (TPSA) is 64.1 Å². The Kier molecular flexibility index (Phi) is 6.49. The Morgan fingerprint density at radius 1 is 1.42 bits per heavy atom. The molecule has 3 heteroatoms. The molecule has 0 heterocycles. The Morgan fingerprint density at radius 2 is 2.05 bits per heavy atom. The van der Waals surface area contributed by atoms with Gasteiger partial charge in [0.1, 0.15) is 0 Å². The highest BCUT2D eigenvalue weighted by Gasteiger charge is 2.28. The smallest absolute Gasteiger partial charge is 0.244 e. The summed E-state index contributed by atoms with van der Waals surface area (Å²) in [6, 6.07) is 6.24. The van der Waals surface area contributed by atoms with Crippen LogP contribution in [0.2, 0.25) is 0 Å². The van der Waals surface area contributed by atoms with Gasteiger partial charge >= 0.3 is 0 Å². The van der Waals surface area contributed by atoms with E-state index in [0.29, 0.717) is 0 Å². The Bertz CT molecular complexity index is 454. The summed E-state index contributed by atoms with van der Waals surface area (Å²) in [5.41, 5.74) is 3.37. The fourth-order valence-electron chi connectivity index (χ4n) is 2.44. The van der Waals surface area contributed by atoms with Gasteiger partial charge in [-0.25, -0.2) is 0 Å². The van der Waals surface area contributed by atoms with Crippen LogP contribution in [0.25, 0.3) is 0 Å². The summed E-state index contributed by atoms with van der Waals surface area (Å²) < 4.78 is 0. The molecule has 0 bridgehead atoms. The molecular weight excluding hydrogens is 236 g/mol. The minimum atomic E-state index is -0.323. The van der Waals surface area contributed by atoms with E-state index in [-0.39, 0.29) is 17.6 Å². The molecule has 0 aliphatic heterocycles. The lowest BCUT2D eigenvalue weighted by Crippen LogP contribution is -2.43. The average Bonchev–Trinajstić information content (AvgIpc) is 2.32. The molecule has 106 valence electrons. The lowest BCUT2D eigenvalue weighted by molar-refractivity contribution is -0.118. The van der Waals surface area contributed by atoms with E-state index >= 15 is 0 Å². The lowest BCUT2D eigenvalue weighted by atomic mass is 9.83. The van der Waals surface area contributed by atoms with Crippen molar-refractivity contribution in [1.82, 2.24) is 11.5 Å². The fourth-order valence-corrected chi connectivity index (χ4v) is 2.44. The number of benzene rings is 1. The zero-order valence-electron chi connectivity index (χ0n) is 12.5. The molecule has 0 radical (unpaired) electrons. The second kappa shape index (κ2) is 7.10. The standard InChI is InChI=1S/C16H23NO.H3N/c1-6-11-16(5,17-15(18)7-2)14-10-8-9-12(3)13(14)4;/h7-10H,2,6,11H2,1,3-5H3,(H,17,18);1H3. The summed E-state index contributed by atoms with van der Waals surface area (Å²) in [4.78, 5) is 11.6. The zero-order valence-corrected chi connectivity index (χ0v) is 12.5. The minimum Gasteiger partial charge on any atom is -0.344 e. The molecule has 1 unspecified atom stereocenters. The summed E-state index contributed by atoms with van der Waals surface area (Å²) in [5.74, 6) is -0.119. The van der Waals surface area contributed by atoms with E-state index in [1.165, 1.54) is 22.8 Å². The van der Waals surface area contributed by atoms with Gasteiger partial charge in [-0.05, 0) is 50.0 Å². The first kappa shape index (κ1) is 17.4. The first-order valence-electron chi connectivity index (χ1n) is 6.46. The molecule has 19 heavy (non-hydrogen) atoms. The number of rotatable bonds is 5. The van der Waals surface area contributed by atoms with Crippen molar-refractivity contribution >= 4 is 5.91 Å². The number of aryl methyl sites for hydroxylation is 1. The van der Waals surface area contributed by atoms with Gasteiger partial charge in [-0.3, -0.25) is 4.79 Å². The average molecular weight is 262 g/mol.